The summed E-state index contributed by atoms with van der Waals surface area (Å²) in [6.45, 7) is 8.11. The molecule has 36 heavy (non-hydrogen) atoms. The van der Waals surface area contributed by atoms with Crippen LogP contribution in [0.2, 0.25) is 0 Å². The summed E-state index contributed by atoms with van der Waals surface area (Å²) in [6.07, 6.45) is 12.7. The van der Waals surface area contributed by atoms with Gasteiger partial charge in [0.25, 0.3) is 10.1 Å². The van der Waals surface area contributed by atoms with Crippen molar-refractivity contribution in [1.82, 2.24) is 4.90 Å². The van der Waals surface area contributed by atoms with Gasteiger partial charge in [-0.15, -0.1) is 0 Å². The number of likely N-dealkylation sites (tertiary alicyclic amines) is 1. The molecule has 1 heterocycles. The van der Waals surface area contributed by atoms with Gasteiger partial charge in [-0.05, 0) is 111 Å². The van der Waals surface area contributed by atoms with Crippen LogP contribution in [0.25, 0.3) is 0 Å². The second-order valence-electron chi connectivity index (χ2n) is 13.8. The summed E-state index contributed by atoms with van der Waals surface area (Å²) in [7, 11) is -4.09. The van der Waals surface area contributed by atoms with E-state index in [1.807, 2.05) is 0 Å². The van der Waals surface area contributed by atoms with Crippen molar-refractivity contribution in [3.63, 3.8) is 0 Å². The Bertz CT molecular complexity index is 980. The summed E-state index contributed by atoms with van der Waals surface area (Å²) in [6, 6.07) is 0. The zero-order valence-corrected chi connectivity index (χ0v) is 23.4. The minimum Gasteiger partial charge on any atom is -0.341 e. The summed E-state index contributed by atoms with van der Waals surface area (Å²) in [5, 5.41) is -0.837. The van der Waals surface area contributed by atoms with Gasteiger partial charge in [0.2, 0.25) is 5.91 Å². The Morgan fingerprint density at radius 2 is 1.81 bits per heavy atom. The molecule has 204 valence electrons. The summed E-state index contributed by atoms with van der Waals surface area (Å²) in [5.74, 6) is 4.57. The fraction of sp³-hybridized carbons (Fsp3) is 0.931. The van der Waals surface area contributed by atoms with Gasteiger partial charge in [-0.2, -0.15) is 8.42 Å². The lowest BCUT2D eigenvalue weighted by atomic mass is 9.44. The molecule has 6 nitrogen and oxygen atoms in total. The summed E-state index contributed by atoms with van der Waals surface area (Å²) < 4.78 is 32.6. The fourth-order valence-corrected chi connectivity index (χ4v) is 11.0. The van der Waals surface area contributed by atoms with Crippen LogP contribution in [0.15, 0.2) is 0 Å². The second kappa shape index (κ2) is 9.66. The Morgan fingerprint density at radius 3 is 2.56 bits per heavy atom. The Morgan fingerprint density at radius 1 is 1.06 bits per heavy atom. The Kier molecular flexibility index (Phi) is 7.15. The lowest BCUT2D eigenvalue weighted by Gasteiger charge is -2.60. The maximum Gasteiger partial charge on any atom is 0.269 e. The van der Waals surface area contributed by atoms with Crippen LogP contribution in [0.4, 0.5) is 0 Å². The molecule has 0 aromatic heterocycles. The van der Waals surface area contributed by atoms with Crippen molar-refractivity contribution in [3.8, 4) is 0 Å². The third kappa shape index (κ3) is 4.58. The zero-order chi connectivity index (χ0) is 25.9. The van der Waals surface area contributed by atoms with Gasteiger partial charge in [-0.3, -0.25) is 14.1 Å². The van der Waals surface area contributed by atoms with Crippen molar-refractivity contribution in [1.29, 1.82) is 0 Å². The highest BCUT2D eigenvalue weighted by Crippen LogP contribution is 2.68. The van der Waals surface area contributed by atoms with Crippen LogP contribution < -0.4 is 0 Å². The molecule has 0 aromatic rings. The van der Waals surface area contributed by atoms with E-state index in [0.29, 0.717) is 60.2 Å². The van der Waals surface area contributed by atoms with Crippen LogP contribution in [0.3, 0.4) is 0 Å². The molecule has 1 amide bonds. The molecular weight excluding hydrogens is 474 g/mol. The van der Waals surface area contributed by atoms with Crippen molar-refractivity contribution in [3.05, 3.63) is 0 Å². The highest BCUT2D eigenvalue weighted by Gasteiger charge is 2.60. The van der Waals surface area contributed by atoms with Crippen LogP contribution in [0, 0.1) is 46.3 Å². The van der Waals surface area contributed by atoms with Gasteiger partial charge >= 0.3 is 0 Å². The number of amides is 1. The van der Waals surface area contributed by atoms with Crippen LogP contribution >= 0.6 is 0 Å². The maximum absolute atomic E-state index is 13.0. The molecule has 1 saturated heterocycles. The summed E-state index contributed by atoms with van der Waals surface area (Å²) >= 11 is 0. The van der Waals surface area contributed by atoms with E-state index in [1.54, 1.807) is 4.90 Å². The van der Waals surface area contributed by atoms with Gasteiger partial charge in [0.1, 0.15) is 11.0 Å². The van der Waals surface area contributed by atoms with Crippen LogP contribution in [0.5, 0.6) is 0 Å². The van der Waals surface area contributed by atoms with Crippen molar-refractivity contribution >= 4 is 21.8 Å². The smallest absolute Gasteiger partial charge is 0.269 e. The molecule has 0 aromatic carbocycles. The van der Waals surface area contributed by atoms with Crippen molar-refractivity contribution < 1.29 is 22.6 Å². The number of carbonyl (C=O) groups is 2. The molecule has 5 fully saturated rings. The number of rotatable bonds is 5. The molecule has 0 bridgehead atoms. The molecule has 0 spiro atoms. The molecule has 5 rings (SSSR count). The first-order chi connectivity index (χ1) is 16.9. The standard InChI is InChI=1S/C29H47NO5S/c1-19(6-11-27(32)30-16-4-5-22(18-30)36(33,34)35)24-9-10-25-23-8-7-20-17-21(31)12-14-28(20,2)26(23)13-15-29(24,25)3/h19-20,22-26H,4-18H2,1-3H3,(H,33,34,35)/t19-,20-,22-,23+,24-,25+,26+,28+,29-/m1/s1. The van der Waals surface area contributed by atoms with E-state index in [1.165, 1.54) is 38.5 Å². The number of Topliss-reactive ketones (excluding diaryl/α,β-unsaturated/α-hetero) is 1. The number of ketones is 1. The van der Waals surface area contributed by atoms with Gasteiger partial charge in [-0.25, -0.2) is 0 Å². The number of hydrogen-bond acceptors (Lipinski definition) is 4. The highest BCUT2D eigenvalue weighted by atomic mass is 32.2. The molecular formula is C29H47NO5S. The normalized spacial score (nSPS) is 43.9. The van der Waals surface area contributed by atoms with E-state index < -0.39 is 15.4 Å². The van der Waals surface area contributed by atoms with Gasteiger partial charge in [0.15, 0.2) is 0 Å². The molecule has 4 aliphatic carbocycles. The number of nitrogens with zero attached hydrogens (tertiary/aromatic N) is 1. The van der Waals surface area contributed by atoms with E-state index in [-0.39, 0.29) is 12.5 Å². The number of carbonyl (C=O) groups excluding carboxylic acids is 2. The predicted octanol–water partition coefficient (Wildman–Crippen LogP) is 5.51. The SMILES string of the molecule is C[C@H](CCC(=O)N1CCC[C@@H](S(=O)(=O)O)C1)[C@H]1CC[C@H]2[C@@H]3CC[C@@H]4CC(=O)CC[C@]4(C)[C@H]3CC[C@]12C. The van der Waals surface area contributed by atoms with Crippen molar-refractivity contribution in [2.45, 2.75) is 109 Å². The third-order valence-electron chi connectivity index (χ3n) is 12.2. The van der Waals surface area contributed by atoms with Crippen LogP contribution in [-0.2, 0) is 19.7 Å². The zero-order valence-electron chi connectivity index (χ0n) is 22.6. The summed E-state index contributed by atoms with van der Waals surface area (Å²) in [5.41, 5.74) is 0.696. The predicted molar refractivity (Wildman–Crippen MR) is 140 cm³/mol. The third-order valence-corrected chi connectivity index (χ3v) is 13.4. The first-order valence-electron chi connectivity index (χ1n) is 14.7. The fourth-order valence-electron chi connectivity index (χ4n) is 10.1. The molecule has 0 radical (unpaired) electrons. The van der Waals surface area contributed by atoms with Gasteiger partial charge in [-0.1, -0.05) is 20.8 Å². The van der Waals surface area contributed by atoms with E-state index in [4.69, 9.17) is 0 Å². The van der Waals surface area contributed by atoms with Crippen molar-refractivity contribution in [2.75, 3.05) is 13.1 Å². The number of hydrogen-bond donors (Lipinski definition) is 1. The number of piperidine rings is 1. The molecule has 1 aliphatic heterocycles. The average Bonchev–Trinajstić information content (AvgIpc) is 3.19. The molecule has 7 heteroatoms. The first kappa shape index (κ1) is 26.6. The van der Waals surface area contributed by atoms with Crippen LogP contribution in [0.1, 0.15) is 104 Å². The molecule has 1 N–H and O–H groups in total. The van der Waals surface area contributed by atoms with Gasteiger partial charge < -0.3 is 4.90 Å². The molecule has 9 atom stereocenters. The van der Waals surface area contributed by atoms with Gasteiger partial charge in [0.05, 0.1) is 0 Å². The second-order valence-corrected chi connectivity index (χ2v) is 15.5. The molecule has 5 aliphatic rings. The van der Waals surface area contributed by atoms with E-state index in [2.05, 4.69) is 20.8 Å². The molecule has 0 unspecified atom stereocenters. The van der Waals surface area contributed by atoms with Crippen LogP contribution in [-0.4, -0.2) is 47.9 Å². The Labute approximate surface area is 218 Å². The van der Waals surface area contributed by atoms with E-state index in [9.17, 15) is 22.6 Å². The quantitative estimate of drug-likeness (QED) is 0.482. The lowest BCUT2D eigenvalue weighted by molar-refractivity contribution is -0.140. The van der Waals surface area contributed by atoms with E-state index >= 15 is 0 Å². The molecule has 4 saturated carbocycles. The highest BCUT2D eigenvalue weighted by molar-refractivity contribution is 7.86. The van der Waals surface area contributed by atoms with Crippen molar-refractivity contribution in [2.24, 2.45) is 46.3 Å². The largest absolute Gasteiger partial charge is 0.341 e. The average molecular weight is 522 g/mol. The first-order valence-corrected chi connectivity index (χ1v) is 16.2. The maximum atomic E-state index is 13.0. The topological polar surface area (TPSA) is 91.8 Å². The minimum absolute atomic E-state index is 0.0386. The lowest BCUT2D eigenvalue weighted by Crippen LogP contribution is -2.53. The monoisotopic (exact) mass is 521 g/mol. The summed E-state index contributed by atoms with van der Waals surface area (Å²) in [4.78, 5) is 26.8. The Hall–Kier alpha value is -0.950. The van der Waals surface area contributed by atoms with Gasteiger partial charge in [0, 0.05) is 32.4 Å². The number of fused-ring (bicyclic) bond motifs is 5. The minimum atomic E-state index is -4.09. The Balaban J connectivity index is 1.21. The van der Waals surface area contributed by atoms with E-state index in [0.717, 1.165) is 43.4 Å².